The predicted molar refractivity (Wildman–Crippen MR) is 172 cm³/mol. The van der Waals surface area contributed by atoms with Gasteiger partial charge in [0.25, 0.3) is 5.91 Å². The number of anilines is 1. The first-order valence-corrected chi connectivity index (χ1v) is 15.7. The maximum Gasteiger partial charge on any atom is 0.326 e. The average molecular weight is 630 g/mol. The molecule has 10 heteroatoms. The van der Waals surface area contributed by atoms with Gasteiger partial charge >= 0.3 is 10.2 Å². The van der Waals surface area contributed by atoms with Crippen molar-refractivity contribution in [3.8, 4) is 16.9 Å². The van der Waals surface area contributed by atoms with Crippen LogP contribution in [0.4, 0.5) is 5.69 Å². The van der Waals surface area contributed by atoms with Crippen molar-refractivity contribution in [3.05, 3.63) is 142 Å². The summed E-state index contributed by atoms with van der Waals surface area (Å²) in [6, 6.07) is 30.8. The Kier molecular flexibility index (Phi) is 8.08. The maximum absolute atomic E-state index is 12.5. The third-order valence-electron chi connectivity index (χ3n) is 7.05. The minimum absolute atomic E-state index is 0.277. The fraction of sp³-hybridized carbons (Fsp3) is 0.0909. The van der Waals surface area contributed by atoms with Gasteiger partial charge in [-0.2, -0.15) is 8.42 Å². The summed E-state index contributed by atoms with van der Waals surface area (Å²) in [6.45, 7) is -0.277. The van der Waals surface area contributed by atoms with Crippen LogP contribution in [-0.2, 0) is 27.8 Å². The highest BCUT2D eigenvalue weighted by Gasteiger charge is 2.34. The van der Waals surface area contributed by atoms with E-state index in [1.54, 1.807) is 30.3 Å². The number of amides is 1. The van der Waals surface area contributed by atoms with Crippen molar-refractivity contribution in [1.29, 1.82) is 0 Å². The van der Waals surface area contributed by atoms with Crippen LogP contribution in [0.1, 0.15) is 22.5 Å². The number of allylic oxidation sites excluding steroid dienone is 1. The van der Waals surface area contributed by atoms with Crippen molar-refractivity contribution < 1.29 is 13.2 Å². The lowest BCUT2D eigenvalue weighted by Crippen LogP contribution is -2.29. The first-order valence-electron chi connectivity index (χ1n) is 13.5. The topological polar surface area (TPSA) is 84.3 Å². The van der Waals surface area contributed by atoms with Gasteiger partial charge in [-0.3, -0.25) is 4.79 Å². The largest absolute Gasteiger partial charge is 0.326 e. The van der Waals surface area contributed by atoms with Gasteiger partial charge in [-0.1, -0.05) is 96.0 Å². The Bertz CT molecular complexity index is 1940. The molecule has 2 heterocycles. The molecule has 0 aliphatic carbocycles. The second-order valence-electron chi connectivity index (χ2n) is 10.1. The van der Waals surface area contributed by atoms with Gasteiger partial charge in [-0.05, 0) is 59.5 Å². The summed E-state index contributed by atoms with van der Waals surface area (Å²) in [7, 11) is -3.95. The van der Waals surface area contributed by atoms with Crippen LogP contribution >= 0.6 is 23.2 Å². The summed E-state index contributed by atoms with van der Waals surface area (Å²) in [4.78, 5) is 16.8. The molecule has 0 spiro atoms. The molecule has 0 unspecified atom stereocenters. The van der Waals surface area contributed by atoms with Gasteiger partial charge in [0, 0.05) is 28.9 Å². The van der Waals surface area contributed by atoms with Crippen LogP contribution in [-0.4, -0.2) is 30.4 Å². The molecule has 216 valence electrons. The standard InChI is InChI=1S/C33H26Cl2N4O3S/c34-26-16-17-29(30(35)19-26)31-21-38(27-10-5-11-28(20-27)39-22-33(40)37-43(39,41)42)32(36-31)18-25-14-12-24(13-15-25)9-4-8-23-6-2-1-3-7-23/h1-7,9-17,19-21H,8,18,22H2,(H,37,40). The molecule has 1 aliphatic heterocycles. The summed E-state index contributed by atoms with van der Waals surface area (Å²) >= 11 is 12.7. The second-order valence-corrected chi connectivity index (χ2v) is 12.5. The average Bonchev–Trinajstić information content (AvgIpc) is 3.53. The molecular formula is C33H26Cl2N4O3S. The number of benzene rings is 4. The number of carbonyl (C=O) groups is 1. The first-order chi connectivity index (χ1) is 20.7. The third kappa shape index (κ3) is 6.51. The van der Waals surface area contributed by atoms with E-state index in [1.165, 1.54) is 5.56 Å². The molecule has 0 bridgehead atoms. The minimum atomic E-state index is -3.95. The molecule has 1 N–H and O–H groups in total. The number of hydrogen-bond donors (Lipinski definition) is 1. The number of aromatic nitrogens is 2. The van der Waals surface area contributed by atoms with Crippen LogP contribution in [0.5, 0.6) is 0 Å². The number of halogens is 2. The van der Waals surface area contributed by atoms with E-state index < -0.39 is 16.1 Å². The molecule has 7 nitrogen and oxygen atoms in total. The van der Waals surface area contributed by atoms with Gasteiger partial charge in [-0.15, -0.1) is 0 Å². The second kappa shape index (κ2) is 12.1. The van der Waals surface area contributed by atoms with Crippen molar-refractivity contribution in [2.24, 2.45) is 0 Å². The molecule has 0 saturated carbocycles. The molecule has 1 amide bonds. The van der Waals surface area contributed by atoms with E-state index in [2.05, 4.69) is 48.6 Å². The highest BCUT2D eigenvalue weighted by molar-refractivity contribution is 7.92. The quantitative estimate of drug-likeness (QED) is 0.203. The lowest BCUT2D eigenvalue weighted by atomic mass is 10.1. The molecule has 1 aromatic heterocycles. The molecular weight excluding hydrogens is 603 g/mol. The van der Waals surface area contributed by atoms with Gasteiger partial charge in [-0.25, -0.2) is 14.0 Å². The maximum atomic E-state index is 12.5. The Morgan fingerprint density at radius 1 is 0.860 bits per heavy atom. The monoisotopic (exact) mass is 628 g/mol. The molecule has 43 heavy (non-hydrogen) atoms. The van der Waals surface area contributed by atoms with Gasteiger partial charge in [0.05, 0.1) is 16.4 Å². The zero-order valence-corrected chi connectivity index (χ0v) is 25.1. The highest BCUT2D eigenvalue weighted by Crippen LogP contribution is 2.32. The van der Waals surface area contributed by atoms with E-state index in [4.69, 9.17) is 28.2 Å². The van der Waals surface area contributed by atoms with Crippen LogP contribution in [0.15, 0.2) is 109 Å². The van der Waals surface area contributed by atoms with E-state index in [0.717, 1.165) is 33.2 Å². The predicted octanol–water partition coefficient (Wildman–Crippen LogP) is 6.87. The zero-order chi connectivity index (χ0) is 30.0. The number of rotatable bonds is 8. The number of nitrogens with zero attached hydrogens (tertiary/aromatic N) is 3. The van der Waals surface area contributed by atoms with Gasteiger partial charge in [0.15, 0.2) is 0 Å². The van der Waals surface area contributed by atoms with Crippen LogP contribution < -0.4 is 9.03 Å². The van der Waals surface area contributed by atoms with E-state index in [-0.39, 0.29) is 6.54 Å². The van der Waals surface area contributed by atoms with E-state index in [0.29, 0.717) is 33.5 Å². The fourth-order valence-corrected chi connectivity index (χ4v) is 6.59. The number of nitrogens with one attached hydrogen (secondary N) is 1. The van der Waals surface area contributed by atoms with Crippen molar-refractivity contribution in [2.75, 3.05) is 10.8 Å². The Labute approximate surface area is 260 Å². The molecule has 6 rings (SSSR count). The Hall–Kier alpha value is -4.37. The molecule has 4 aromatic carbocycles. The van der Waals surface area contributed by atoms with E-state index in [1.807, 2.05) is 45.8 Å². The van der Waals surface area contributed by atoms with Crippen LogP contribution in [0, 0.1) is 0 Å². The molecule has 0 radical (unpaired) electrons. The summed E-state index contributed by atoms with van der Waals surface area (Å²) in [5.74, 6) is 0.149. The highest BCUT2D eigenvalue weighted by atomic mass is 35.5. The first kappa shape index (κ1) is 28.7. The van der Waals surface area contributed by atoms with E-state index in [9.17, 15) is 13.2 Å². The summed E-state index contributed by atoms with van der Waals surface area (Å²) in [5.41, 5.74) is 5.83. The van der Waals surface area contributed by atoms with Crippen LogP contribution in [0.3, 0.4) is 0 Å². The normalized spacial score (nSPS) is 14.4. The smallest absolute Gasteiger partial charge is 0.303 e. The summed E-state index contributed by atoms with van der Waals surface area (Å²) < 4.78 is 30.0. The Morgan fingerprint density at radius 2 is 1.63 bits per heavy atom. The van der Waals surface area contributed by atoms with Crippen LogP contribution in [0.2, 0.25) is 10.0 Å². The molecule has 0 atom stereocenters. The Balaban J connectivity index is 1.32. The number of hydrogen-bond acceptors (Lipinski definition) is 4. The summed E-state index contributed by atoms with van der Waals surface area (Å²) in [6.07, 6.45) is 7.49. The zero-order valence-electron chi connectivity index (χ0n) is 22.8. The molecule has 5 aromatic rings. The van der Waals surface area contributed by atoms with Crippen molar-refractivity contribution in [1.82, 2.24) is 14.3 Å². The molecule has 1 aliphatic rings. The SMILES string of the molecule is O=C1CN(c2cccc(-n3cc(-c4ccc(Cl)cc4Cl)nc3Cc3ccc(C=CCc4ccccc4)cc3)c2)S(=O)(=O)N1. The third-order valence-corrected chi connectivity index (χ3v) is 9.00. The van der Waals surface area contributed by atoms with Crippen molar-refractivity contribution >= 4 is 51.1 Å². The minimum Gasteiger partial charge on any atom is -0.303 e. The Morgan fingerprint density at radius 3 is 2.35 bits per heavy atom. The fourth-order valence-electron chi connectivity index (χ4n) is 4.94. The van der Waals surface area contributed by atoms with Crippen LogP contribution in [0.25, 0.3) is 23.0 Å². The molecule has 1 fully saturated rings. The number of carbonyl (C=O) groups excluding carboxylic acids is 1. The summed E-state index contributed by atoms with van der Waals surface area (Å²) in [5, 5.41) is 0.992. The van der Waals surface area contributed by atoms with Gasteiger partial charge in [0.1, 0.15) is 12.4 Å². The lowest BCUT2D eigenvalue weighted by molar-refractivity contribution is -0.117. The molecule has 1 saturated heterocycles. The van der Waals surface area contributed by atoms with E-state index >= 15 is 0 Å². The lowest BCUT2D eigenvalue weighted by Gasteiger charge is -2.16. The number of imidazole rings is 1. The van der Waals surface area contributed by atoms with Gasteiger partial charge in [0.2, 0.25) is 0 Å². The van der Waals surface area contributed by atoms with Gasteiger partial charge < -0.3 is 4.57 Å². The van der Waals surface area contributed by atoms with Crippen molar-refractivity contribution in [2.45, 2.75) is 12.8 Å². The van der Waals surface area contributed by atoms with Crippen molar-refractivity contribution in [3.63, 3.8) is 0 Å².